The van der Waals surface area contributed by atoms with E-state index in [0.29, 0.717) is 0 Å². The fourth-order valence-corrected chi connectivity index (χ4v) is 3.12. The Kier molecular flexibility index (Phi) is 16.7. The number of unbranched alkanes of at least 4 members (excludes halogenated alkanes) is 13. The molecule has 0 saturated carbocycles. The zero-order chi connectivity index (χ0) is 15.9. The molecule has 3 heteroatoms. The highest BCUT2D eigenvalue weighted by Gasteiger charge is 1.99. The molecule has 0 atom stereocenters. The van der Waals surface area contributed by atoms with Crippen LogP contribution in [0.5, 0.6) is 0 Å². The van der Waals surface area contributed by atoms with E-state index in [2.05, 4.69) is 41.8 Å². The van der Waals surface area contributed by atoms with E-state index in [1.807, 2.05) is 0 Å². The van der Waals surface area contributed by atoms with Crippen LogP contribution in [0.15, 0.2) is 18.7 Å². The van der Waals surface area contributed by atoms with Crippen molar-refractivity contribution in [3.05, 3.63) is 18.7 Å². The largest absolute Gasteiger partial charge is 1.00 e. The van der Waals surface area contributed by atoms with Gasteiger partial charge in [-0.2, -0.15) is 0 Å². The van der Waals surface area contributed by atoms with Gasteiger partial charge < -0.3 is 24.0 Å². The van der Waals surface area contributed by atoms with Crippen LogP contribution in [0.3, 0.4) is 0 Å². The van der Waals surface area contributed by atoms with Crippen molar-refractivity contribution in [1.82, 2.24) is 4.57 Å². The molecule has 1 aromatic rings. The van der Waals surface area contributed by atoms with E-state index in [9.17, 15) is 0 Å². The minimum Gasteiger partial charge on any atom is -1.00 e. The van der Waals surface area contributed by atoms with E-state index in [0.717, 1.165) is 0 Å². The molecule has 0 unspecified atom stereocenters. The number of nitrogens with zero attached hydrogens (tertiary/aromatic N) is 2. The molecule has 2 nitrogen and oxygen atoms in total. The van der Waals surface area contributed by atoms with Crippen molar-refractivity contribution in [2.24, 2.45) is 7.05 Å². The molecule has 0 aliphatic heterocycles. The lowest BCUT2D eigenvalue weighted by atomic mass is 10.0. The number of halogens is 1. The van der Waals surface area contributed by atoms with Crippen molar-refractivity contribution < 1.29 is 28.5 Å². The number of hydrogen-bond donors (Lipinski definition) is 0. The maximum Gasteiger partial charge on any atom is 0.243 e. The van der Waals surface area contributed by atoms with Crippen LogP contribution in [0.2, 0.25) is 0 Å². The molecular formula is C20H39IN2. The third kappa shape index (κ3) is 14.0. The van der Waals surface area contributed by atoms with Gasteiger partial charge >= 0.3 is 0 Å². The van der Waals surface area contributed by atoms with Crippen molar-refractivity contribution in [2.45, 2.75) is 103 Å². The van der Waals surface area contributed by atoms with Gasteiger partial charge in [-0.15, -0.1) is 0 Å². The summed E-state index contributed by atoms with van der Waals surface area (Å²) in [5, 5.41) is 0. The molecule has 0 aromatic carbocycles. The third-order valence-corrected chi connectivity index (χ3v) is 4.59. The number of hydrogen-bond acceptors (Lipinski definition) is 0. The van der Waals surface area contributed by atoms with Gasteiger partial charge in [0.2, 0.25) is 6.33 Å². The lowest BCUT2D eigenvalue weighted by molar-refractivity contribution is -0.696. The summed E-state index contributed by atoms with van der Waals surface area (Å²) in [7, 11) is 2.09. The molecule has 0 fully saturated rings. The van der Waals surface area contributed by atoms with Gasteiger partial charge in [0.15, 0.2) is 0 Å². The first-order chi connectivity index (χ1) is 10.8. The van der Waals surface area contributed by atoms with Crippen molar-refractivity contribution in [3.63, 3.8) is 0 Å². The van der Waals surface area contributed by atoms with Crippen LogP contribution in [0, 0.1) is 0 Å². The van der Waals surface area contributed by atoms with Gasteiger partial charge in [0.1, 0.15) is 12.4 Å². The summed E-state index contributed by atoms with van der Waals surface area (Å²) >= 11 is 0. The Bertz CT molecular complexity index is 349. The molecule has 23 heavy (non-hydrogen) atoms. The first kappa shape index (κ1) is 22.9. The standard InChI is InChI=1S/C20H39N2.HI/c1-3-4-5-6-7-8-9-10-11-12-13-14-15-16-17-22-19-18-21(2)20-22;/h18-20H,3-17H2,1-2H3;1H/q+1;/p-1. The summed E-state index contributed by atoms with van der Waals surface area (Å²) in [4.78, 5) is 0. The number of aromatic nitrogens is 2. The van der Waals surface area contributed by atoms with Gasteiger partial charge in [-0.1, -0.05) is 84.0 Å². The van der Waals surface area contributed by atoms with E-state index in [1.54, 1.807) is 0 Å². The Balaban J connectivity index is 0.00000484. The second-order valence-electron chi connectivity index (χ2n) is 6.91. The van der Waals surface area contributed by atoms with Gasteiger partial charge in [0.25, 0.3) is 0 Å². The van der Waals surface area contributed by atoms with Crippen LogP contribution in [-0.2, 0) is 13.6 Å². The molecule has 0 bridgehead atoms. The van der Waals surface area contributed by atoms with Crippen LogP contribution in [0.1, 0.15) is 96.8 Å². The molecule has 0 aliphatic rings. The zero-order valence-corrected chi connectivity index (χ0v) is 17.8. The van der Waals surface area contributed by atoms with Crippen molar-refractivity contribution in [1.29, 1.82) is 0 Å². The zero-order valence-electron chi connectivity index (χ0n) is 15.6. The highest BCUT2D eigenvalue weighted by atomic mass is 127. The second-order valence-corrected chi connectivity index (χ2v) is 6.91. The Hall–Kier alpha value is -0.0600. The van der Waals surface area contributed by atoms with Gasteiger partial charge in [0.05, 0.1) is 13.6 Å². The second kappa shape index (κ2) is 16.8. The topological polar surface area (TPSA) is 8.81 Å². The van der Waals surface area contributed by atoms with E-state index >= 15 is 0 Å². The average molecular weight is 434 g/mol. The van der Waals surface area contributed by atoms with Crippen LogP contribution in [-0.4, -0.2) is 4.57 Å². The van der Waals surface area contributed by atoms with E-state index in [-0.39, 0.29) is 24.0 Å². The Morgan fingerprint density at radius 3 is 1.52 bits per heavy atom. The molecule has 136 valence electrons. The molecule has 0 N–H and O–H groups in total. The Labute approximate surface area is 162 Å². The lowest BCUT2D eigenvalue weighted by Gasteiger charge is -2.03. The van der Waals surface area contributed by atoms with Crippen LogP contribution in [0.25, 0.3) is 0 Å². The minimum atomic E-state index is 0. The molecule has 0 radical (unpaired) electrons. The molecule has 1 rings (SSSR count). The Morgan fingerprint density at radius 2 is 1.13 bits per heavy atom. The van der Waals surface area contributed by atoms with Crippen molar-refractivity contribution in [3.8, 4) is 0 Å². The van der Waals surface area contributed by atoms with Gasteiger partial charge in [-0.25, -0.2) is 9.13 Å². The SMILES string of the molecule is CCCCCCCCCCCCCCCC[n+]1ccn(C)c1.[I-]. The number of aryl methyl sites for hydroxylation is 2. The summed E-state index contributed by atoms with van der Waals surface area (Å²) < 4.78 is 4.41. The maximum absolute atomic E-state index is 2.29. The van der Waals surface area contributed by atoms with Crippen LogP contribution in [0.4, 0.5) is 0 Å². The number of rotatable bonds is 15. The van der Waals surface area contributed by atoms with Gasteiger partial charge in [-0.3, -0.25) is 0 Å². The summed E-state index contributed by atoms with van der Waals surface area (Å²) in [6.07, 6.45) is 26.5. The van der Waals surface area contributed by atoms with Crippen molar-refractivity contribution in [2.75, 3.05) is 0 Å². The van der Waals surface area contributed by atoms with E-state index < -0.39 is 0 Å². The fraction of sp³-hybridized carbons (Fsp3) is 0.850. The molecule has 1 aromatic heterocycles. The lowest BCUT2D eigenvalue weighted by Crippen LogP contribution is -3.00. The predicted octanol–water partition coefficient (Wildman–Crippen LogP) is 2.80. The predicted molar refractivity (Wildman–Crippen MR) is 95.9 cm³/mol. The fourth-order valence-electron chi connectivity index (χ4n) is 3.12. The smallest absolute Gasteiger partial charge is 0.243 e. The average Bonchev–Trinajstić information content (AvgIpc) is 2.93. The normalized spacial score (nSPS) is 10.7. The molecular weight excluding hydrogens is 395 g/mol. The summed E-state index contributed by atoms with van der Waals surface area (Å²) in [6, 6.07) is 0. The highest BCUT2D eigenvalue weighted by molar-refractivity contribution is 4.61. The first-order valence-corrected chi connectivity index (χ1v) is 9.84. The maximum atomic E-state index is 2.29. The molecule has 0 amide bonds. The third-order valence-electron chi connectivity index (χ3n) is 4.59. The molecule has 1 heterocycles. The van der Waals surface area contributed by atoms with E-state index in [1.165, 1.54) is 96.4 Å². The van der Waals surface area contributed by atoms with Gasteiger partial charge in [0, 0.05) is 0 Å². The molecule has 0 aliphatic carbocycles. The minimum absolute atomic E-state index is 0. The number of imidazole rings is 1. The summed E-state index contributed by atoms with van der Waals surface area (Å²) in [5.41, 5.74) is 0. The monoisotopic (exact) mass is 434 g/mol. The van der Waals surface area contributed by atoms with Crippen LogP contribution >= 0.6 is 0 Å². The van der Waals surface area contributed by atoms with Crippen molar-refractivity contribution >= 4 is 0 Å². The van der Waals surface area contributed by atoms with Gasteiger partial charge in [-0.05, 0) is 12.8 Å². The van der Waals surface area contributed by atoms with E-state index in [4.69, 9.17) is 0 Å². The highest BCUT2D eigenvalue weighted by Crippen LogP contribution is 2.12. The summed E-state index contributed by atoms with van der Waals surface area (Å²) in [5.74, 6) is 0. The quantitative estimate of drug-likeness (QED) is 0.228. The molecule has 0 saturated heterocycles. The Morgan fingerprint density at radius 1 is 0.696 bits per heavy atom. The molecule has 0 spiro atoms. The summed E-state index contributed by atoms with van der Waals surface area (Å²) in [6.45, 7) is 3.47. The first-order valence-electron chi connectivity index (χ1n) is 9.84. The van der Waals surface area contributed by atoms with Crippen LogP contribution < -0.4 is 28.5 Å².